The Morgan fingerprint density at radius 3 is 1.79 bits per heavy atom. The third kappa shape index (κ3) is 9.16. The first-order valence-corrected chi connectivity index (χ1v) is 11.3. The number of hydrogen-bond donors (Lipinski definition) is 0. The van der Waals surface area contributed by atoms with Crippen LogP contribution in [0.15, 0.2) is 25.3 Å². The van der Waals surface area contributed by atoms with Gasteiger partial charge in [0.1, 0.15) is 0 Å². The van der Waals surface area contributed by atoms with Crippen LogP contribution in [0.3, 0.4) is 0 Å². The average molecular weight is 407 g/mol. The smallest absolute Gasteiger partial charge is 0.330 e. The summed E-state index contributed by atoms with van der Waals surface area (Å²) in [5.41, 5.74) is 0. The Morgan fingerprint density at radius 1 is 0.724 bits per heavy atom. The Balaban J connectivity index is 1.51. The summed E-state index contributed by atoms with van der Waals surface area (Å²) in [6, 6.07) is 0. The number of carbonyl (C=O) groups is 2. The Bertz CT molecular complexity index is 513. The van der Waals surface area contributed by atoms with Gasteiger partial charge in [-0.15, -0.1) is 0 Å². The highest BCUT2D eigenvalue weighted by atomic mass is 16.5. The molecule has 0 spiro atoms. The van der Waals surface area contributed by atoms with Crippen molar-refractivity contribution < 1.29 is 23.8 Å². The van der Waals surface area contributed by atoms with E-state index in [0.717, 1.165) is 43.4 Å². The summed E-state index contributed by atoms with van der Waals surface area (Å²) >= 11 is 0. The molecule has 0 atom stereocenters. The normalized spacial score (nSPS) is 27.0. The molecule has 0 unspecified atom stereocenters. The van der Waals surface area contributed by atoms with E-state index in [9.17, 15) is 9.59 Å². The van der Waals surface area contributed by atoms with Crippen LogP contribution in [-0.4, -0.2) is 37.9 Å². The van der Waals surface area contributed by atoms with Crippen molar-refractivity contribution in [3.05, 3.63) is 25.3 Å². The van der Waals surface area contributed by atoms with E-state index in [-0.39, 0.29) is 11.9 Å². The number of hydrogen-bond acceptors (Lipinski definition) is 5. The first-order valence-electron chi connectivity index (χ1n) is 11.3. The number of esters is 2. The molecule has 0 bridgehead atoms. The van der Waals surface area contributed by atoms with E-state index in [1.165, 1.54) is 57.1 Å². The molecule has 2 aliphatic rings. The molecule has 5 nitrogen and oxygen atoms in total. The van der Waals surface area contributed by atoms with Crippen molar-refractivity contribution in [2.45, 2.75) is 76.7 Å². The molecule has 5 heteroatoms. The molecule has 2 saturated carbocycles. The predicted molar refractivity (Wildman–Crippen MR) is 113 cm³/mol. The van der Waals surface area contributed by atoms with Gasteiger partial charge in [-0.3, -0.25) is 0 Å². The highest BCUT2D eigenvalue weighted by Crippen LogP contribution is 2.41. The predicted octanol–water partition coefficient (Wildman–Crippen LogP) is 5.00. The second-order valence-electron chi connectivity index (χ2n) is 8.43. The summed E-state index contributed by atoms with van der Waals surface area (Å²) in [5.74, 6) is 1.85. The molecule has 0 radical (unpaired) electrons. The van der Waals surface area contributed by atoms with E-state index in [1.54, 1.807) is 0 Å². The molecule has 0 heterocycles. The molecule has 0 amide bonds. The molecule has 2 aliphatic carbocycles. The van der Waals surface area contributed by atoms with E-state index in [2.05, 4.69) is 13.2 Å². The number of ether oxygens (including phenoxy) is 3. The summed E-state index contributed by atoms with van der Waals surface area (Å²) in [6.07, 6.45) is 15.9. The largest absolute Gasteiger partial charge is 0.463 e. The van der Waals surface area contributed by atoms with Crippen molar-refractivity contribution in [1.82, 2.24) is 0 Å². The molecule has 0 aromatic carbocycles. The van der Waals surface area contributed by atoms with E-state index in [0.29, 0.717) is 25.9 Å². The first kappa shape index (κ1) is 23.7. The quantitative estimate of drug-likeness (QED) is 0.259. The van der Waals surface area contributed by atoms with E-state index >= 15 is 0 Å². The lowest BCUT2D eigenvalue weighted by Gasteiger charge is -2.37. The van der Waals surface area contributed by atoms with Gasteiger partial charge in [-0.25, -0.2) is 9.59 Å². The van der Waals surface area contributed by atoms with Crippen LogP contribution < -0.4 is 0 Å². The summed E-state index contributed by atoms with van der Waals surface area (Å²) in [7, 11) is 0. The molecule has 2 fully saturated rings. The molecule has 0 N–H and O–H groups in total. The van der Waals surface area contributed by atoms with Gasteiger partial charge in [0.15, 0.2) is 0 Å². The van der Waals surface area contributed by atoms with Crippen LogP contribution in [0.1, 0.15) is 70.6 Å². The average Bonchev–Trinajstić information content (AvgIpc) is 2.77. The fraction of sp³-hybridized carbons (Fsp3) is 0.750. The van der Waals surface area contributed by atoms with Crippen molar-refractivity contribution in [2.24, 2.45) is 17.8 Å². The Morgan fingerprint density at radius 2 is 1.24 bits per heavy atom. The molecule has 0 aromatic heterocycles. The van der Waals surface area contributed by atoms with Gasteiger partial charge in [-0.05, 0) is 69.1 Å². The minimum absolute atomic E-state index is 0.315. The lowest BCUT2D eigenvalue weighted by Crippen LogP contribution is -2.29. The van der Waals surface area contributed by atoms with E-state index < -0.39 is 0 Å². The van der Waals surface area contributed by atoms with Crippen molar-refractivity contribution in [1.29, 1.82) is 0 Å². The van der Waals surface area contributed by atoms with Gasteiger partial charge >= 0.3 is 11.9 Å². The topological polar surface area (TPSA) is 61.8 Å². The molecular formula is C24H38O5. The van der Waals surface area contributed by atoms with Crippen LogP contribution in [0.2, 0.25) is 0 Å². The lowest BCUT2D eigenvalue weighted by atomic mass is 9.70. The van der Waals surface area contributed by atoms with Crippen LogP contribution in [0, 0.1) is 17.8 Å². The van der Waals surface area contributed by atoms with Crippen molar-refractivity contribution >= 4 is 11.9 Å². The van der Waals surface area contributed by atoms with Gasteiger partial charge < -0.3 is 14.2 Å². The SMILES string of the molecule is C=CC(=O)OCCCOC1CCC(C2CCC(CCCOC(=O)C=C)CC2)CC1. The van der Waals surface area contributed by atoms with Gasteiger partial charge in [0.25, 0.3) is 0 Å². The molecule has 0 aliphatic heterocycles. The highest BCUT2D eigenvalue weighted by molar-refractivity contribution is 5.81. The minimum Gasteiger partial charge on any atom is -0.463 e. The van der Waals surface area contributed by atoms with Gasteiger partial charge in [0.05, 0.1) is 25.9 Å². The Kier molecular flexibility index (Phi) is 11.1. The van der Waals surface area contributed by atoms with Gasteiger partial charge in [0.2, 0.25) is 0 Å². The third-order valence-corrected chi connectivity index (χ3v) is 6.50. The molecule has 0 aromatic rings. The van der Waals surface area contributed by atoms with Crippen molar-refractivity contribution in [3.63, 3.8) is 0 Å². The third-order valence-electron chi connectivity index (χ3n) is 6.50. The number of rotatable bonds is 12. The van der Waals surface area contributed by atoms with Gasteiger partial charge in [-0.2, -0.15) is 0 Å². The highest BCUT2D eigenvalue weighted by Gasteiger charge is 2.31. The zero-order chi connectivity index (χ0) is 20.9. The molecule has 29 heavy (non-hydrogen) atoms. The summed E-state index contributed by atoms with van der Waals surface area (Å²) < 4.78 is 16.0. The molecule has 2 rings (SSSR count). The van der Waals surface area contributed by atoms with Crippen molar-refractivity contribution in [2.75, 3.05) is 19.8 Å². The maximum absolute atomic E-state index is 11.1. The monoisotopic (exact) mass is 406 g/mol. The summed E-state index contributed by atoms with van der Waals surface area (Å²) in [6.45, 7) is 8.38. The van der Waals surface area contributed by atoms with Crippen LogP contribution in [0.5, 0.6) is 0 Å². The summed E-state index contributed by atoms with van der Waals surface area (Å²) in [5, 5.41) is 0. The van der Waals surface area contributed by atoms with Gasteiger partial charge in [-0.1, -0.05) is 26.0 Å². The second-order valence-corrected chi connectivity index (χ2v) is 8.43. The molecule has 164 valence electrons. The lowest BCUT2D eigenvalue weighted by molar-refractivity contribution is -0.139. The van der Waals surface area contributed by atoms with E-state index in [1.807, 2.05) is 0 Å². The Hall–Kier alpha value is -1.62. The van der Waals surface area contributed by atoms with E-state index in [4.69, 9.17) is 14.2 Å². The Labute approximate surface area is 175 Å². The first-order chi connectivity index (χ1) is 14.1. The summed E-state index contributed by atoms with van der Waals surface area (Å²) in [4.78, 5) is 22.0. The van der Waals surface area contributed by atoms with Crippen LogP contribution in [0.4, 0.5) is 0 Å². The maximum Gasteiger partial charge on any atom is 0.330 e. The van der Waals surface area contributed by atoms with Crippen LogP contribution in [-0.2, 0) is 23.8 Å². The van der Waals surface area contributed by atoms with Crippen LogP contribution in [0.25, 0.3) is 0 Å². The standard InChI is InChI=1S/C24H38O5/c1-3-23(25)28-16-5-7-19-8-10-20(11-9-19)21-12-14-22(15-13-21)27-17-6-18-29-24(26)4-2/h3-4,19-22H,1-2,5-18H2. The maximum atomic E-state index is 11.1. The minimum atomic E-state index is -0.364. The fourth-order valence-electron chi connectivity index (χ4n) is 4.82. The van der Waals surface area contributed by atoms with Gasteiger partial charge in [0, 0.05) is 18.6 Å². The number of carbonyl (C=O) groups excluding carboxylic acids is 2. The zero-order valence-corrected chi connectivity index (χ0v) is 17.8. The fourth-order valence-corrected chi connectivity index (χ4v) is 4.82. The molecular weight excluding hydrogens is 368 g/mol. The zero-order valence-electron chi connectivity index (χ0n) is 17.8. The molecule has 0 saturated heterocycles. The van der Waals surface area contributed by atoms with Crippen LogP contribution >= 0.6 is 0 Å². The second kappa shape index (κ2) is 13.6. The van der Waals surface area contributed by atoms with Crippen molar-refractivity contribution in [3.8, 4) is 0 Å².